The van der Waals surface area contributed by atoms with Crippen molar-refractivity contribution < 1.29 is 34.1 Å². The highest BCUT2D eigenvalue weighted by atomic mass is 32.1. The van der Waals surface area contributed by atoms with E-state index < -0.39 is 52.7 Å². The van der Waals surface area contributed by atoms with Gasteiger partial charge in [0, 0.05) is 17.6 Å². The topological polar surface area (TPSA) is 173 Å². The summed E-state index contributed by atoms with van der Waals surface area (Å²) in [5, 5.41) is 21.3. The Morgan fingerprint density at radius 3 is 1.92 bits per heavy atom. The quantitative estimate of drug-likeness (QED) is 0.0706. The van der Waals surface area contributed by atoms with Crippen LogP contribution in [0.5, 0.6) is 5.75 Å². The van der Waals surface area contributed by atoms with Crippen molar-refractivity contribution in [2.24, 2.45) is 22.8 Å². The van der Waals surface area contributed by atoms with Gasteiger partial charge in [-0.2, -0.15) is 12.6 Å². The van der Waals surface area contributed by atoms with Crippen molar-refractivity contribution in [1.82, 2.24) is 4.90 Å². The number of carbonyl (C=O) groups is 4. The second-order valence-electron chi connectivity index (χ2n) is 12.8. The van der Waals surface area contributed by atoms with Crippen LogP contribution in [0.1, 0.15) is 63.1 Å². The van der Waals surface area contributed by atoms with Crippen LogP contribution in [0.25, 0.3) is 0 Å². The predicted molar refractivity (Wildman–Crippen MR) is 192 cm³/mol. The number of amides is 2. The maximum absolute atomic E-state index is 14.7. The molecule has 49 heavy (non-hydrogen) atoms. The molecule has 0 spiro atoms. The number of hydrogen-bond donors (Lipinski definition) is 5. The number of hydrogen-bond acceptors (Lipinski definition) is 9. The molecule has 3 aromatic rings. The van der Waals surface area contributed by atoms with Crippen molar-refractivity contribution in [2.45, 2.75) is 83.5 Å². The number of unbranched alkanes of at least 4 members (excludes halogenated alkanes) is 2. The molecule has 0 aromatic heterocycles. The highest BCUT2D eigenvalue weighted by Gasteiger charge is 2.64. The molecule has 0 saturated heterocycles. The summed E-state index contributed by atoms with van der Waals surface area (Å²) in [4.78, 5) is 57.9. The number of imide groups is 1. The number of ether oxygens (including phenoxy) is 1. The SMILES string of the molecule is CCCCCC(C)(C(C)C(=O)OCc1ccccc1)C(Cc1ccccc1)(C(=O)O)N(C(=O)C(N)CS)C(=O)C(N)Cc1ccc(O)cc1. The van der Waals surface area contributed by atoms with Gasteiger partial charge in [-0.1, -0.05) is 113 Å². The van der Waals surface area contributed by atoms with Gasteiger partial charge in [0.15, 0.2) is 5.54 Å². The van der Waals surface area contributed by atoms with Crippen LogP contribution in [0.4, 0.5) is 0 Å². The third-order valence-electron chi connectivity index (χ3n) is 9.48. The maximum atomic E-state index is 14.7. The molecule has 264 valence electrons. The fourth-order valence-electron chi connectivity index (χ4n) is 6.35. The number of carbonyl (C=O) groups excluding carboxylic acids is 3. The van der Waals surface area contributed by atoms with E-state index in [9.17, 15) is 29.4 Å². The lowest BCUT2D eigenvalue weighted by Crippen LogP contribution is -2.73. The van der Waals surface area contributed by atoms with Crippen molar-refractivity contribution in [3.63, 3.8) is 0 Å². The Bertz CT molecular complexity index is 1540. The molecule has 2 amide bonds. The average Bonchev–Trinajstić information content (AvgIpc) is 3.10. The van der Waals surface area contributed by atoms with Gasteiger partial charge in [-0.05, 0) is 41.7 Å². The van der Waals surface area contributed by atoms with Gasteiger partial charge in [0.1, 0.15) is 12.4 Å². The van der Waals surface area contributed by atoms with Gasteiger partial charge in [0.25, 0.3) is 0 Å². The molecule has 0 fully saturated rings. The first-order valence-electron chi connectivity index (χ1n) is 16.6. The zero-order valence-corrected chi connectivity index (χ0v) is 29.4. The number of aliphatic carboxylic acids is 1. The Kier molecular flexibility index (Phi) is 14.4. The Labute approximate surface area is 294 Å². The molecule has 0 aliphatic heterocycles. The largest absolute Gasteiger partial charge is 0.508 e. The lowest BCUT2D eigenvalue weighted by molar-refractivity contribution is -0.186. The summed E-state index contributed by atoms with van der Waals surface area (Å²) in [6, 6.07) is 21.1. The summed E-state index contributed by atoms with van der Waals surface area (Å²) in [6.45, 7) is 5.18. The zero-order valence-electron chi connectivity index (χ0n) is 28.5. The standard InChI is InChI=1S/C38H49N3O7S/c1-4-5-12-21-37(3,26(2)35(45)48-24-29-15-10-7-11-16-29)38(36(46)47,23-28-13-8-6-9-14-28)41(34(44)32(40)25-49)33(43)31(39)22-27-17-19-30(42)20-18-27/h6-11,13-20,26,31-32,42,49H,4-5,12,21-25,39-40H2,1-3H3,(H,46,47). The van der Waals surface area contributed by atoms with Crippen LogP contribution >= 0.6 is 12.6 Å². The number of benzene rings is 3. The molecule has 0 heterocycles. The van der Waals surface area contributed by atoms with Crippen LogP contribution in [-0.2, 0) is 43.4 Å². The lowest BCUT2D eigenvalue weighted by Gasteiger charge is -2.54. The minimum absolute atomic E-state index is 0.0175. The fraction of sp³-hybridized carbons (Fsp3) is 0.421. The molecule has 5 atom stereocenters. The second kappa shape index (κ2) is 18.0. The molecule has 0 aliphatic rings. The van der Waals surface area contributed by atoms with Gasteiger partial charge in [-0.3, -0.25) is 19.3 Å². The van der Waals surface area contributed by atoms with Crippen molar-refractivity contribution >= 4 is 36.4 Å². The average molecular weight is 692 g/mol. The first-order valence-corrected chi connectivity index (χ1v) is 17.2. The minimum atomic E-state index is -2.35. The molecule has 0 saturated carbocycles. The van der Waals surface area contributed by atoms with Gasteiger partial charge < -0.3 is 26.4 Å². The predicted octanol–water partition coefficient (Wildman–Crippen LogP) is 4.91. The number of nitrogens with zero attached hydrogens (tertiary/aromatic N) is 1. The maximum Gasteiger partial charge on any atom is 0.331 e. The molecule has 3 aromatic carbocycles. The first kappa shape index (κ1) is 39.3. The summed E-state index contributed by atoms with van der Waals surface area (Å²) in [5.74, 6) is -5.36. The van der Waals surface area contributed by atoms with Crippen molar-refractivity contribution in [1.29, 1.82) is 0 Å². The molecule has 5 unspecified atom stereocenters. The van der Waals surface area contributed by atoms with E-state index in [2.05, 4.69) is 12.6 Å². The number of nitrogens with two attached hydrogens (primary N) is 2. The number of phenolic OH excluding ortho intramolecular Hbond substituents is 1. The number of esters is 1. The number of carboxylic acid groups (broad SMARTS) is 1. The summed E-state index contributed by atoms with van der Waals surface area (Å²) in [7, 11) is 0. The molecular formula is C38H49N3O7S. The van der Waals surface area contributed by atoms with Gasteiger partial charge in [-0.15, -0.1) is 0 Å². The molecule has 11 heteroatoms. The van der Waals surface area contributed by atoms with Gasteiger partial charge in [0.2, 0.25) is 11.8 Å². The van der Waals surface area contributed by atoms with E-state index >= 15 is 0 Å². The number of phenols is 1. The summed E-state index contributed by atoms with van der Waals surface area (Å²) in [5.41, 5.74) is 10.7. The van der Waals surface area contributed by atoms with E-state index in [1.165, 1.54) is 12.1 Å². The van der Waals surface area contributed by atoms with Crippen molar-refractivity contribution in [3.8, 4) is 5.75 Å². The van der Waals surface area contributed by atoms with Crippen molar-refractivity contribution in [2.75, 3.05) is 5.75 Å². The van der Waals surface area contributed by atoms with Crippen LogP contribution in [0, 0.1) is 11.3 Å². The molecule has 0 bridgehead atoms. The van der Waals surface area contributed by atoms with Crippen LogP contribution in [0.2, 0.25) is 0 Å². The summed E-state index contributed by atoms with van der Waals surface area (Å²) < 4.78 is 5.77. The molecule has 6 N–H and O–H groups in total. The minimum Gasteiger partial charge on any atom is -0.508 e. The van der Waals surface area contributed by atoms with Crippen LogP contribution in [0.3, 0.4) is 0 Å². The van der Waals surface area contributed by atoms with E-state index in [-0.39, 0.29) is 37.4 Å². The Morgan fingerprint density at radius 1 is 0.837 bits per heavy atom. The first-order chi connectivity index (χ1) is 23.3. The number of carboxylic acids is 1. The Balaban J connectivity index is 2.29. The molecule has 3 rings (SSSR count). The van der Waals surface area contributed by atoms with Crippen molar-refractivity contribution in [3.05, 3.63) is 102 Å². The van der Waals surface area contributed by atoms with E-state index in [4.69, 9.17) is 16.2 Å². The molecule has 0 aliphatic carbocycles. The van der Waals surface area contributed by atoms with E-state index in [1.54, 1.807) is 56.3 Å². The Morgan fingerprint density at radius 2 is 1.39 bits per heavy atom. The smallest absolute Gasteiger partial charge is 0.331 e. The summed E-state index contributed by atoms with van der Waals surface area (Å²) >= 11 is 4.22. The number of rotatable bonds is 18. The zero-order chi connectivity index (χ0) is 36.2. The molecular weight excluding hydrogens is 642 g/mol. The number of aromatic hydroxyl groups is 1. The Hall–Kier alpha value is -4.19. The van der Waals surface area contributed by atoms with E-state index in [0.29, 0.717) is 24.0 Å². The second-order valence-corrected chi connectivity index (χ2v) is 13.2. The van der Waals surface area contributed by atoms with E-state index in [0.717, 1.165) is 16.9 Å². The van der Waals surface area contributed by atoms with Gasteiger partial charge in [-0.25, -0.2) is 4.79 Å². The lowest BCUT2D eigenvalue weighted by atomic mass is 9.57. The fourth-order valence-corrected chi connectivity index (χ4v) is 6.50. The number of thiol groups is 1. The third-order valence-corrected chi connectivity index (χ3v) is 9.87. The molecule has 10 nitrogen and oxygen atoms in total. The van der Waals surface area contributed by atoms with Crippen LogP contribution < -0.4 is 11.5 Å². The highest BCUT2D eigenvalue weighted by Crippen LogP contribution is 2.50. The monoisotopic (exact) mass is 691 g/mol. The van der Waals surface area contributed by atoms with E-state index in [1.807, 2.05) is 37.3 Å². The van der Waals surface area contributed by atoms with Gasteiger partial charge in [0.05, 0.1) is 18.0 Å². The summed E-state index contributed by atoms with van der Waals surface area (Å²) in [6.07, 6.45) is 1.77. The van der Waals surface area contributed by atoms with Crippen LogP contribution in [-0.4, -0.2) is 62.2 Å². The van der Waals surface area contributed by atoms with Gasteiger partial charge >= 0.3 is 11.9 Å². The van der Waals surface area contributed by atoms with Crippen LogP contribution in [0.15, 0.2) is 84.9 Å². The normalized spacial score (nSPS) is 15.6. The third kappa shape index (κ3) is 9.29. The highest BCUT2D eigenvalue weighted by molar-refractivity contribution is 7.80. The molecule has 0 radical (unpaired) electrons.